The van der Waals surface area contributed by atoms with E-state index < -0.39 is 5.69 Å². The van der Waals surface area contributed by atoms with Crippen molar-refractivity contribution in [3.05, 3.63) is 29.3 Å². The summed E-state index contributed by atoms with van der Waals surface area (Å²) in [6, 6.07) is 6.60. The van der Waals surface area contributed by atoms with Gasteiger partial charge in [-0.2, -0.15) is 0 Å². The average Bonchev–Trinajstić information content (AvgIpc) is 2.94. The molecule has 0 heterocycles. The molecular formula is C36H67O2PS2. The molecule has 0 spiro atoms. The molecule has 0 aliphatic rings. The van der Waals surface area contributed by atoms with Gasteiger partial charge in [0.15, 0.2) is 0 Å². The smallest absolute Gasteiger partial charge is 0.246 e. The van der Waals surface area contributed by atoms with Crippen molar-refractivity contribution in [2.75, 3.05) is 0 Å². The van der Waals surface area contributed by atoms with E-state index in [2.05, 4.69) is 32.0 Å². The number of unbranched alkanes of at least 4 members (excludes halogenated alkanes) is 24. The van der Waals surface area contributed by atoms with Gasteiger partial charge in [-0.15, -0.1) is 0 Å². The average molecular weight is 627 g/mol. The van der Waals surface area contributed by atoms with Crippen LogP contribution < -0.4 is 0 Å². The molecule has 41 heavy (non-hydrogen) atoms. The molecule has 0 fully saturated rings. The van der Waals surface area contributed by atoms with Gasteiger partial charge < -0.3 is 9.79 Å². The topological polar surface area (TPSA) is 40.5 Å². The van der Waals surface area contributed by atoms with Crippen LogP contribution in [0.15, 0.2) is 23.1 Å². The van der Waals surface area contributed by atoms with E-state index in [0.29, 0.717) is 0 Å². The summed E-state index contributed by atoms with van der Waals surface area (Å²) < 4.78 is 0. The van der Waals surface area contributed by atoms with Crippen LogP contribution in [-0.2, 0) is 24.6 Å². The fourth-order valence-electron chi connectivity index (χ4n) is 5.88. The monoisotopic (exact) mass is 626 g/mol. The van der Waals surface area contributed by atoms with Crippen molar-refractivity contribution in [1.29, 1.82) is 0 Å². The first-order valence-electron chi connectivity index (χ1n) is 17.8. The number of benzene rings is 1. The van der Waals surface area contributed by atoms with Crippen molar-refractivity contribution in [2.45, 2.75) is 199 Å². The molecule has 0 aliphatic heterocycles. The highest BCUT2D eigenvalue weighted by Gasteiger charge is 2.14. The van der Waals surface area contributed by atoms with Crippen LogP contribution in [0.5, 0.6) is 0 Å². The maximum Gasteiger partial charge on any atom is 0.246 e. The first-order valence-corrected chi connectivity index (χ1v) is 22.0. The fourth-order valence-corrected chi connectivity index (χ4v) is 8.57. The molecule has 0 unspecified atom stereocenters. The minimum atomic E-state index is -3.30. The molecular weight excluding hydrogens is 560 g/mol. The Bertz CT molecular complexity index is 764. The molecule has 1 aromatic rings. The molecule has 0 saturated heterocycles. The molecule has 1 rings (SSSR count). The lowest BCUT2D eigenvalue weighted by Gasteiger charge is -2.14. The Labute approximate surface area is 265 Å². The second-order valence-corrected chi connectivity index (χ2v) is 18.4. The van der Waals surface area contributed by atoms with Crippen molar-refractivity contribution in [3.63, 3.8) is 0 Å². The second-order valence-electron chi connectivity index (χ2n) is 12.5. The van der Waals surface area contributed by atoms with Crippen molar-refractivity contribution in [3.8, 4) is 0 Å². The first-order chi connectivity index (χ1) is 20.0. The van der Waals surface area contributed by atoms with Gasteiger partial charge in [-0.1, -0.05) is 180 Å². The van der Waals surface area contributed by atoms with Crippen LogP contribution >= 0.6 is 17.1 Å². The van der Waals surface area contributed by atoms with Gasteiger partial charge in [-0.3, -0.25) is 0 Å². The lowest BCUT2D eigenvalue weighted by molar-refractivity contribution is 0.502. The maximum absolute atomic E-state index is 9.93. The Balaban J connectivity index is 2.22. The summed E-state index contributed by atoms with van der Waals surface area (Å²) in [5.74, 6) is 0. The summed E-state index contributed by atoms with van der Waals surface area (Å²) in [5, 5.41) is 0. The van der Waals surface area contributed by atoms with E-state index in [1.165, 1.54) is 178 Å². The Kier molecular flexibility index (Phi) is 26.4. The van der Waals surface area contributed by atoms with E-state index in [-0.39, 0.29) is 0 Å². The number of hydrogen-bond acceptors (Lipinski definition) is 2. The summed E-state index contributed by atoms with van der Waals surface area (Å²) in [4.78, 5) is 20.8. The van der Waals surface area contributed by atoms with Crippen molar-refractivity contribution in [2.24, 2.45) is 0 Å². The number of aryl methyl sites for hydroxylation is 2. The van der Waals surface area contributed by atoms with Gasteiger partial charge in [-0.05, 0) is 66.1 Å². The van der Waals surface area contributed by atoms with Crippen LogP contribution in [0.2, 0.25) is 0 Å². The van der Waals surface area contributed by atoms with Gasteiger partial charge in [0.05, 0.1) is 0 Å². The summed E-state index contributed by atoms with van der Waals surface area (Å²) in [6.07, 6.45) is 37.9. The zero-order valence-corrected chi connectivity index (χ0v) is 29.7. The van der Waals surface area contributed by atoms with Crippen molar-refractivity contribution in [1.82, 2.24) is 0 Å². The Morgan fingerprint density at radius 1 is 0.512 bits per heavy atom. The van der Waals surface area contributed by atoms with E-state index in [4.69, 9.17) is 11.8 Å². The molecule has 0 atom stereocenters. The van der Waals surface area contributed by atoms with Gasteiger partial charge in [0.2, 0.25) is 5.69 Å². The maximum atomic E-state index is 9.93. The van der Waals surface area contributed by atoms with Crippen molar-refractivity contribution >= 4 is 28.9 Å². The minimum absolute atomic E-state index is 0.978. The zero-order chi connectivity index (χ0) is 29.9. The largest absolute Gasteiger partial charge is 0.337 e. The lowest BCUT2D eigenvalue weighted by Crippen LogP contribution is -1.94. The van der Waals surface area contributed by atoms with E-state index in [1.54, 1.807) is 0 Å². The zero-order valence-electron chi connectivity index (χ0n) is 27.2. The summed E-state index contributed by atoms with van der Waals surface area (Å²) in [7, 11) is 0. The minimum Gasteiger partial charge on any atom is -0.337 e. The first kappa shape index (κ1) is 39.2. The molecule has 0 saturated carbocycles. The van der Waals surface area contributed by atoms with E-state index >= 15 is 0 Å². The standard InChI is InChI=1S/C36H67O2PS2/c1-3-5-7-9-11-13-15-17-19-21-23-25-27-29-34-31-32-36(41-39(37,38)40)35(33-34)30-28-26-24-22-20-18-16-14-12-10-8-6-4-2/h31-33H,3-30H2,1-2H3,(H2,37,38,40). The van der Waals surface area contributed by atoms with Gasteiger partial charge >= 0.3 is 0 Å². The third-order valence-corrected chi connectivity index (χ3v) is 11.3. The van der Waals surface area contributed by atoms with Gasteiger partial charge in [-0.25, -0.2) is 0 Å². The highest BCUT2D eigenvalue weighted by molar-refractivity contribution is 8.67. The molecule has 0 amide bonds. The molecule has 240 valence electrons. The highest BCUT2D eigenvalue weighted by Crippen LogP contribution is 2.55. The molecule has 0 bridgehead atoms. The Hall–Kier alpha value is 0.140. The lowest BCUT2D eigenvalue weighted by atomic mass is 9.99. The Morgan fingerprint density at radius 2 is 0.854 bits per heavy atom. The van der Waals surface area contributed by atoms with Gasteiger partial charge in [0.25, 0.3) is 0 Å². The van der Waals surface area contributed by atoms with Crippen LogP contribution in [0.25, 0.3) is 0 Å². The van der Waals surface area contributed by atoms with Crippen LogP contribution in [0.1, 0.15) is 192 Å². The van der Waals surface area contributed by atoms with E-state index in [1.807, 2.05) is 0 Å². The van der Waals surface area contributed by atoms with Crippen LogP contribution in [0.4, 0.5) is 0 Å². The molecule has 5 heteroatoms. The van der Waals surface area contributed by atoms with E-state index in [9.17, 15) is 9.79 Å². The normalized spacial score (nSPS) is 11.9. The Morgan fingerprint density at radius 3 is 1.22 bits per heavy atom. The molecule has 2 N–H and O–H groups in total. The molecule has 1 aromatic carbocycles. The summed E-state index contributed by atoms with van der Waals surface area (Å²) in [5.41, 5.74) is -0.641. The predicted molar refractivity (Wildman–Crippen MR) is 190 cm³/mol. The third kappa shape index (κ3) is 25.2. The second kappa shape index (κ2) is 27.7. The van der Waals surface area contributed by atoms with Crippen LogP contribution in [0.3, 0.4) is 0 Å². The van der Waals surface area contributed by atoms with Crippen molar-refractivity contribution < 1.29 is 9.79 Å². The molecule has 0 radical (unpaired) electrons. The fraction of sp³-hybridized carbons (Fsp3) is 0.833. The highest BCUT2D eigenvalue weighted by atomic mass is 32.9. The van der Waals surface area contributed by atoms with Gasteiger partial charge in [0, 0.05) is 4.90 Å². The predicted octanol–water partition coefficient (Wildman–Crippen LogP) is 13.3. The molecule has 0 aromatic heterocycles. The van der Waals surface area contributed by atoms with Gasteiger partial charge in [0.1, 0.15) is 0 Å². The molecule has 2 nitrogen and oxygen atoms in total. The number of hydrogen-bond donors (Lipinski definition) is 2. The quantitative estimate of drug-likeness (QED) is 0.0658. The number of rotatable bonds is 30. The molecule has 0 aliphatic carbocycles. The SMILES string of the molecule is CCCCCCCCCCCCCCCc1ccc(SP(O)(O)=S)c(CCCCCCCCCCCCCCC)c1. The van der Waals surface area contributed by atoms with E-state index in [0.717, 1.165) is 29.1 Å². The summed E-state index contributed by atoms with van der Waals surface area (Å²) in [6.45, 7) is 4.57. The van der Waals surface area contributed by atoms with Crippen LogP contribution in [0, 0.1) is 0 Å². The van der Waals surface area contributed by atoms with Crippen LogP contribution in [-0.4, -0.2) is 9.79 Å². The third-order valence-electron chi connectivity index (χ3n) is 8.46. The summed E-state index contributed by atoms with van der Waals surface area (Å²) >= 11 is 6.06.